The van der Waals surface area contributed by atoms with Crippen molar-refractivity contribution in [2.75, 3.05) is 19.6 Å². The fraction of sp³-hybridized carbons (Fsp3) is 0.781. The second kappa shape index (κ2) is 45.2. The van der Waals surface area contributed by atoms with Crippen molar-refractivity contribution in [3.63, 3.8) is 0 Å². The molecule has 0 aliphatic heterocycles. The van der Waals surface area contributed by atoms with Gasteiger partial charge in [0.15, 0.2) is 17.7 Å². The van der Waals surface area contributed by atoms with Crippen molar-refractivity contribution in [3.05, 3.63) is 7.43 Å². The molecule has 17 heteroatoms. The van der Waals surface area contributed by atoms with Crippen LogP contribution >= 0.6 is 23.2 Å². The second-order valence-corrected chi connectivity index (χ2v) is 33.4. The molecule has 0 aliphatic carbocycles. The average Bonchev–Trinajstić information content (AvgIpc) is 2.78. The van der Waals surface area contributed by atoms with Crippen molar-refractivity contribution in [2.45, 2.75) is 146 Å². The first kappa shape index (κ1) is 83.2. The van der Waals surface area contributed by atoms with Gasteiger partial charge in [0.1, 0.15) is 38.4 Å². The predicted octanol–water partition coefficient (Wildman–Crippen LogP) is 7.62. The van der Waals surface area contributed by atoms with Crippen LogP contribution in [0.2, 0.25) is 78.6 Å². The first-order chi connectivity index (χ1) is 19.0. The van der Waals surface area contributed by atoms with Gasteiger partial charge in [-0.05, 0) is 27.7 Å². The molecule has 0 aliphatic rings. The van der Waals surface area contributed by atoms with Crippen molar-refractivity contribution in [3.8, 4) is 22.2 Å². The number of ether oxygens (including phenoxy) is 2. The molecule has 0 aromatic heterocycles. The number of hydrogen-bond acceptors (Lipinski definition) is 7. The molecule has 49 heavy (non-hydrogen) atoms. The molecule has 0 bridgehead atoms. The maximum absolute atomic E-state index is 10.5. The minimum atomic E-state index is -1.09. The van der Waals surface area contributed by atoms with Crippen LogP contribution in [0, 0.1) is 29.6 Å². The molecule has 2 atom stereocenters. The Hall–Kier alpha value is 1.07. The third-order valence-electron chi connectivity index (χ3n) is 3.82. The molecule has 1 radical (unpaired) electrons. The summed E-state index contributed by atoms with van der Waals surface area (Å²) in [4.78, 5) is 20.9. The van der Waals surface area contributed by atoms with Crippen molar-refractivity contribution >= 4 is 67.1 Å². The number of ketones is 2. The molecule has 0 saturated heterocycles. The number of halogens is 2. The van der Waals surface area contributed by atoms with Crippen molar-refractivity contribution in [2.24, 2.45) is 0 Å². The number of aliphatic hydroxyl groups is 2. The first-order valence-electron chi connectivity index (χ1n) is 13.8. The Labute approximate surface area is 347 Å². The van der Waals surface area contributed by atoms with E-state index >= 15 is 0 Å². The molecule has 0 amide bonds. The van der Waals surface area contributed by atoms with E-state index in [-0.39, 0.29) is 78.8 Å². The quantitative estimate of drug-likeness (QED) is 0.0918. The molecule has 0 aromatic rings. The Morgan fingerprint density at radius 3 is 0.837 bits per heavy atom. The molecule has 8 nitrogen and oxygen atoms in total. The number of carbonyl (C=O) groups excluding carboxylic acids is 2. The zero-order chi connectivity index (χ0) is 36.4. The van der Waals surface area contributed by atoms with Gasteiger partial charge < -0.3 is 32.6 Å². The van der Waals surface area contributed by atoms with E-state index in [0.717, 1.165) is 0 Å². The number of rotatable bonds is 6. The van der Waals surface area contributed by atoms with Gasteiger partial charge in [0, 0.05) is 31.3 Å². The molecular weight excluding hydrogens is 886 g/mol. The Morgan fingerprint density at radius 2 is 0.816 bits per heavy atom. The second-order valence-electron chi connectivity index (χ2n) is 13.6. The van der Waals surface area contributed by atoms with Crippen molar-refractivity contribution in [1.29, 1.82) is 0 Å². The Kier molecular flexibility index (Phi) is 76.8. The number of alkyl halides is 2. The summed E-state index contributed by atoms with van der Waals surface area (Å²) in [7, 11) is -1.57. The molecule has 4 N–H and O–H groups in total. The van der Waals surface area contributed by atoms with Crippen LogP contribution in [0.25, 0.3) is 0 Å². The summed E-state index contributed by atoms with van der Waals surface area (Å²) in [6.45, 7) is 33.3. The fourth-order valence-corrected chi connectivity index (χ4v) is 8.17. The zero-order valence-corrected chi connectivity index (χ0v) is 40.4. The van der Waals surface area contributed by atoms with Crippen LogP contribution in [0.15, 0.2) is 0 Å². The molecule has 314 valence electrons. The third-order valence-corrected chi connectivity index (χ3v) is 7.82. The summed E-state index contributed by atoms with van der Waals surface area (Å²) in [6.07, 6.45) is -2.56. The minimum absolute atomic E-state index is 0. The molecule has 0 fully saturated rings. The summed E-state index contributed by atoms with van der Waals surface area (Å²) in [5, 5.41) is 18.0. The topological polar surface area (TPSA) is 142 Å². The van der Waals surface area contributed by atoms with E-state index in [9.17, 15) is 9.59 Å². The molecular formula is C32H75Cl2Cu3O8Si4. The summed E-state index contributed by atoms with van der Waals surface area (Å²) in [5.74, 6) is -0.491. The van der Waals surface area contributed by atoms with Gasteiger partial charge in [-0.3, -0.25) is 9.59 Å². The third kappa shape index (κ3) is 88.4. The SMILES string of the molecule is C.C.COC(C(C)=O)C(C)=O.COC(C(C)O)C(C)O.C[Si](C)(C)C#C[Si](C)(C)C.C[Si](C)(C)C#C[Si](C)(C)C.ClCCl.O.[CH3-].[Cu+].[Cu].[O]=[Cu]. The molecule has 0 heterocycles. The summed E-state index contributed by atoms with van der Waals surface area (Å²) < 4.78 is 17.2. The first-order valence-corrected chi connectivity index (χ1v) is 29.2. The van der Waals surface area contributed by atoms with E-state index in [1.54, 1.807) is 13.8 Å². The molecule has 0 saturated carbocycles. The number of hydrogen-bond donors (Lipinski definition) is 2. The van der Waals surface area contributed by atoms with Crippen molar-refractivity contribution < 1.29 is 88.7 Å². The van der Waals surface area contributed by atoms with Crippen LogP contribution in [0.5, 0.6) is 0 Å². The monoisotopic (exact) mass is 958 g/mol. The van der Waals surface area contributed by atoms with Gasteiger partial charge in [-0.2, -0.15) is 0 Å². The molecule has 0 aromatic carbocycles. The summed E-state index contributed by atoms with van der Waals surface area (Å²) in [5.41, 5.74) is 13.6. The number of methoxy groups -OCH3 is 2. The van der Waals surface area contributed by atoms with E-state index in [4.69, 9.17) is 42.0 Å². The zero-order valence-electron chi connectivity index (χ0n) is 32.1. The van der Waals surface area contributed by atoms with Gasteiger partial charge in [0.05, 0.1) is 17.5 Å². The van der Waals surface area contributed by atoms with Crippen LogP contribution < -0.4 is 0 Å². The Bertz CT molecular complexity index is 756. The van der Waals surface area contributed by atoms with Gasteiger partial charge in [0.25, 0.3) is 0 Å². The predicted molar refractivity (Wildman–Crippen MR) is 216 cm³/mol. The van der Waals surface area contributed by atoms with E-state index in [0.29, 0.717) is 0 Å². The van der Waals surface area contributed by atoms with Gasteiger partial charge in [-0.15, -0.1) is 45.4 Å². The average molecular weight is 962 g/mol. The standard InChI is InChI=1S/2C8H18Si2.C6H14O3.C6H10O3.CH2Cl2.2CH4.CH3.3Cu.H2O.O/c2*1-9(2,3)7-8-10(4,5)6;2*1-4(7)6(9-3)5(2)8;2-1-3;;;;;;;;/h2*1-6H3;4-8H,1-3H3;6H,1-3H3;1H2;2*1H4;1H3;;;;1H2;/q;;;;;;;-1;;;+1;;. The Balaban J connectivity index is -0.0000000343. The van der Waals surface area contributed by atoms with E-state index in [1.807, 2.05) is 0 Å². The number of Topliss-reactive ketones (excluding diaryl/α,β-unsaturated/α-hetero) is 2. The summed E-state index contributed by atoms with van der Waals surface area (Å²) >= 11 is 12.5. The maximum atomic E-state index is 10.5. The molecule has 2 unspecified atom stereocenters. The van der Waals surface area contributed by atoms with E-state index in [1.165, 1.54) is 28.1 Å². The van der Waals surface area contributed by atoms with Gasteiger partial charge in [-0.1, -0.05) is 93.4 Å². The van der Waals surface area contributed by atoms with E-state index < -0.39 is 56.7 Å². The van der Waals surface area contributed by atoms with Crippen LogP contribution in [-0.4, -0.2) is 104 Å². The normalized spacial score (nSPS) is 11.1. The number of carbonyl (C=O) groups is 2. The van der Waals surface area contributed by atoms with Crippen LogP contribution in [0.4, 0.5) is 0 Å². The van der Waals surface area contributed by atoms with Gasteiger partial charge in [-0.25, -0.2) is 0 Å². The van der Waals surface area contributed by atoms with Crippen molar-refractivity contribution in [1.82, 2.24) is 0 Å². The summed E-state index contributed by atoms with van der Waals surface area (Å²) in [6, 6.07) is 0. The van der Waals surface area contributed by atoms with Gasteiger partial charge in [0.2, 0.25) is 0 Å². The van der Waals surface area contributed by atoms with Gasteiger partial charge >= 0.3 is 36.8 Å². The number of aliphatic hydroxyl groups excluding tert-OH is 2. The van der Waals surface area contributed by atoms with Crippen LogP contribution in [0.3, 0.4) is 0 Å². The molecule has 0 rings (SSSR count). The van der Waals surface area contributed by atoms with E-state index in [2.05, 4.69) is 121 Å². The molecule has 0 spiro atoms. The van der Waals surface area contributed by atoms with Crippen LogP contribution in [0.1, 0.15) is 42.5 Å². The van der Waals surface area contributed by atoms with Crippen LogP contribution in [-0.2, 0) is 73.0 Å². The Morgan fingerprint density at radius 1 is 0.653 bits per heavy atom. The fourth-order valence-electron chi connectivity index (χ4n) is 2.17.